The molecule has 1 aliphatic heterocycles. The van der Waals surface area contributed by atoms with Crippen LogP contribution in [0.5, 0.6) is 0 Å². The highest BCUT2D eigenvalue weighted by molar-refractivity contribution is 7.89. The van der Waals surface area contributed by atoms with Crippen LogP contribution in [0, 0.1) is 5.92 Å². The normalized spacial score (nSPS) is 21.1. The summed E-state index contributed by atoms with van der Waals surface area (Å²) in [5.74, 6) is 0.213. The Labute approximate surface area is 157 Å². The first kappa shape index (κ1) is 19.4. The maximum absolute atomic E-state index is 12.8. The summed E-state index contributed by atoms with van der Waals surface area (Å²) in [5, 5.41) is 3.30. The fourth-order valence-electron chi connectivity index (χ4n) is 3.96. The minimum absolute atomic E-state index is 0.0826. The molecule has 1 aromatic carbocycles. The second-order valence-electron chi connectivity index (χ2n) is 7.63. The number of rotatable bonds is 7. The lowest BCUT2D eigenvalue weighted by atomic mass is 9.71. The van der Waals surface area contributed by atoms with Crippen molar-refractivity contribution in [2.45, 2.75) is 57.4 Å². The first-order valence-corrected chi connectivity index (χ1v) is 11.4. The lowest BCUT2D eigenvalue weighted by Gasteiger charge is -2.44. The molecule has 26 heavy (non-hydrogen) atoms. The van der Waals surface area contributed by atoms with Crippen LogP contribution >= 0.6 is 0 Å². The molecule has 2 aliphatic rings. The number of amides is 1. The number of carbonyl (C=O) groups excluding carboxylic acids is 1. The molecule has 1 amide bonds. The van der Waals surface area contributed by atoms with Crippen LogP contribution in [0.3, 0.4) is 0 Å². The number of unbranched alkanes of at least 4 members (excludes halogenated alkanes) is 1. The Morgan fingerprint density at radius 2 is 1.85 bits per heavy atom. The smallest absolute Gasteiger partial charge is 0.223 e. The molecule has 2 fully saturated rings. The van der Waals surface area contributed by atoms with E-state index in [0.29, 0.717) is 32.4 Å². The molecule has 144 valence electrons. The van der Waals surface area contributed by atoms with Gasteiger partial charge in [0.05, 0.1) is 11.3 Å². The van der Waals surface area contributed by atoms with Gasteiger partial charge in [-0.05, 0) is 44.1 Å². The Kier molecular flexibility index (Phi) is 6.03. The summed E-state index contributed by atoms with van der Waals surface area (Å²) >= 11 is 0. The Morgan fingerprint density at radius 1 is 1.19 bits per heavy atom. The quantitative estimate of drug-likeness (QED) is 0.793. The molecule has 0 radical (unpaired) electrons. The number of benzene rings is 1. The maximum Gasteiger partial charge on any atom is 0.223 e. The maximum atomic E-state index is 12.8. The van der Waals surface area contributed by atoms with Gasteiger partial charge in [0.25, 0.3) is 0 Å². The molecule has 1 N–H and O–H groups in total. The third-order valence-electron chi connectivity index (χ3n) is 5.87. The highest BCUT2D eigenvalue weighted by atomic mass is 32.2. The van der Waals surface area contributed by atoms with E-state index < -0.39 is 10.0 Å². The molecule has 0 bridgehead atoms. The molecule has 1 heterocycles. The van der Waals surface area contributed by atoms with E-state index in [1.165, 1.54) is 5.56 Å². The molecule has 0 atom stereocenters. The Balaban J connectivity index is 1.57. The van der Waals surface area contributed by atoms with Gasteiger partial charge in [-0.3, -0.25) is 4.79 Å². The van der Waals surface area contributed by atoms with E-state index in [1.807, 2.05) is 25.1 Å². The predicted molar refractivity (Wildman–Crippen MR) is 103 cm³/mol. The zero-order valence-electron chi connectivity index (χ0n) is 15.6. The van der Waals surface area contributed by atoms with Crippen molar-refractivity contribution < 1.29 is 13.2 Å². The van der Waals surface area contributed by atoms with Gasteiger partial charge in [-0.1, -0.05) is 43.7 Å². The molecule has 3 rings (SSSR count). The summed E-state index contributed by atoms with van der Waals surface area (Å²) in [4.78, 5) is 12.8. The van der Waals surface area contributed by atoms with Crippen LogP contribution in [0.15, 0.2) is 30.3 Å². The summed E-state index contributed by atoms with van der Waals surface area (Å²) in [6.45, 7) is 2.92. The molecule has 1 saturated heterocycles. The van der Waals surface area contributed by atoms with E-state index >= 15 is 0 Å². The van der Waals surface area contributed by atoms with Gasteiger partial charge in [0.1, 0.15) is 0 Å². The number of nitrogens with one attached hydrogen (secondary N) is 1. The summed E-state index contributed by atoms with van der Waals surface area (Å²) in [6.07, 6.45) is 5.88. The van der Waals surface area contributed by atoms with Gasteiger partial charge < -0.3 is 5.32 Å². The summed E-state index contributed by atoms with van der Waals surface area (Å²) in [7, 11) is -3.16. The summed E-state index contributed by atoms with van der Waals surface area (Å²) < 4.78 is 26.2. The fourth-order valence-corrected chi connectivity index (χ4v) is 5.64. The molecule has 5 nitrogen and oxygen atoms in total. The molecule has 0 aromatic heterocycles. The molecule has 0 unspecified atom stereocenters. The van der Waals surface area contributed by atoms with Crippen molar-refractivity contribution in [1.82, 2.24) is 9.62 Å². The van der Waals surface area contributed by atoms with E-state index in [9.17, 15) is 13.2 Å². The minimum atomic E-state index is -3.16. The van der Waals surface area contributed by atoms with Crippen LogP contribution in [0.2, 0.25) is 0 Å². The number of carbonyl (C=O) groups is 1. The van der Waals surface area contributed by atoms with Gasteiger partial charge >= 0.3 is 0 Å². The van der Waals surface area contributed by atoms with Crippen LogP contribution in [0.4, 0.5) is 0 Å². The average Bonchev–Trinajstić information content (AvgIpc) is 2.63. The third kappa shape index (κ3) is 4.12. The van der Waals surface area contributed by atoms with E-state index in [1.54, 1.807) is 4.31 Å². The van der Waals surface area contributed by atoms with Crippen LogP contribution in [-0.2, 0) is 20.4 Å². The molecular formula is C20H30N2O3S. The molecule has 6 heteroatoms. The fraction of sp³-hybridized carbons (Fsp3) is 0.650. The highest BCUT2D eigenvalue weighted by Crippen LogP contribution is 2.41. The Hall–Kier alpha value is -1.40. The van der Waals surface area contributed by atoms with Gasteiger partial charge in [0.2, 0.25) is 15.9 Å². The van der Waals surface area contributed by atoms with Crippen LogP contribution in [-0.4, -0.2) is 37.5 Å². The minimum Gasteiger partial charge on any atom is -0.346 e. The van der Waals surface area contributed by atoms with Gasteiger partial charge in [-0.25, -0.2) is 12.7 Å². The number of sulfonamides is 1. The largest absolute Gasteiger partial charge is 0.346 e. The van der Waals surface area contributed by atoms with Crippen molar-refractivity contribution >= 4 is 15.9 Å². The second kappa shape index (κ2) is 8.09. The summed E-state index contributed by atoms with van der Waals surface area (Å²) in [6, 6.07) is 10.2. The first-order chi connectivity index (χ1) is 12.5. The van der Waals surface area contributed by atoms with Crippen LogP contribution in [0.1, 0.15) is 57.4 Å². The van der Waals surface area contributed by atoms with Crippen molar-refractivity contribution in [2.75, 3.05) is 18.8 Å². The van der Waals surface area contributed by atoms with E-state index in [2.05, 4.69) is 17.4 Å². The van der Waals surface area contributed by atoms with Gasteiger partial charge in [0, 0.05) is 19.0 Å². The van der Waals surface area contributed by atoms with E-state index in [0.717, 1.165) is 25.7 Å². The molecule has 1 aliphatic carbocycles. The average molecular weight is 379 g/mol. The SMILES string of the molecule is CCCCS(=O)(=O)N1CCC(C(=O)NC2(c3ccccc3)CCC2)CC1. The number of hydrogen-bond donors (Lipinski definition) is 1. The number of piperidine rings is 1. The Bertz CT molecular complexity index is 706. The molecular weight excluding hydrogens is 348 g/mol. The predicted octanol–water partition coefficient (Wildman–Crippen LogP) is 3.02. The second-order valence-corrected chi connectivity index (χ2v) is 9.72. The van der Waals surface area contributed by atoms with E-state index in [4.69, 9.17) is 0 Å². The first-order valence-electron chi connectivity index (χ1n) is 9.82. The standard InChI is InChI=1S/C20H30N2O3S/c1-2-3-16-26(24,25)22-14-10-17(11-15-22)19(23)21-20(12-7-13-20)18-8-5-4-6-9-18/h4-6,8-9,17H,2-3,7,10-16H2,1H3,(H,21,23). The highest BCUT2D eigenvalue weighted by Gasteiger charge is 2.41. The van der Waals surface area contributed by atoms with Crippen molar-refractivity contribution in [3.8, 4) is 0 Å². The molecule has 1 aromatic rings. The van der Waals surface area contributed by atoms with Crippen LogP contribution in [0.25, 0.3) is 0 Å². The number of hydrogen-bond acceptors (Lipinski definition) is 3. The van der Waals surface area contributed by atoms with Crippen LogP contribution < -0.4 is 5.32 Å². The zero-order chi connectivity index (χ0) is 18.6. The summed E-state index contributed by atoms with van der Waals surface area (Å²) in [5.41, 5.74) is 0.960. The van der Waals surface area contributed by atoms with Gasteiger partial charge in [-0.15, -0.1) is 0 Å². The van der Waals surface area contributed by atoms with Gasteiger partial charge in [0.15, 0.2) is 0 Å². The molecule has 1 saturated carbocycles. The van der Waals surface area contributed by atoms with Crippen molar-refractivity contribution in [1.29, 1.82) is 0 Å². The monoisotopic (exact) mass is 378 g/mol. The third-order valence-corrected chi connectivity index (χ3v) is 7.83. The lowest BCUT2D eigenvalue weighted by Crippen LogP contribution is -2.53. The van der Waals surface area contributed by atoms with Crippen molar-refractivity contribution in [3.05, 3.63) is 35.9 Å². The topological polar surface area (TPSA) is 66.5 Å². The van der Waals surface area contributed by atoms with Crippen molar-refractivity contribution in [2.24, 2.45) is 5.92 Å². The Morgan fingerprint density at radius 3 is 2.38 bits per heavy atom. The van der Waals surface area contributed by atoms with E-state index in [-0.39, 0.29) is 23.1 Å². The van der Waals surface area contributed by atoms with Gasteiger partial charge in [-0.2, -0.15) is 0 Å². The van der Waals surface area contributed by atoms with Crippen molar-refractivity contribution in [3.63, 3.8) is 0 Å². The zero-order valence-corrected chi connectivity index (χ0v) is 16.4. The lowest BCUT2D eigenvalue weighted by molar-refractivity contribution is -0.129. The molecule has 0 spiro atoms. The number of nitrogens with zero attached hydrogens (tertiary/aromatic N) is 1.